The third kappa shape index (κ3) is 8.06. The number of amides is 2. The van der Waals surface area contributed by atoms with E-state index in [0.29, 0.717) is 22.3 Å². The van der Waals surface area contributed by atoms with Gasteiger partial charge in [-0.25, -0.2) is 9.59 Å². The summed E-state index contributed by atoms with van der Waals surface area (Å²) in [5, 5.41) is 5.52. The van der Waals surface area contributed by atoms with E-state index in [1.807, 2.05) is 84.9 Å². The van der Waals surface area contributed by atoms with Gasteiger partial charge in [0.15, 0.2) is 5.60 Å². The van der Waals surface area contributed by atoms with E-state index in [4.69, 9.17) is 9.47 Å². The van der Waals surface area contributed by atoms with Crippen LogP contribution >= 0.6 is 21.6 Å². The van der Waals surface area contributed by atoms with Crippen LogP contribution in [0.2, 0.25) is 0 Å². The maximum Gasteiger partial charge on any atom is 0.407 e. The molecule has 0 bridgehead atoms. The maximum absolute atomic E-state index is 14.6. The Kier molecular flexibility index (Phi) is 11.4. The van der Waals surface area contributed by atoms with Crippen molar-refractivity contribution in [2.24, 2.45) is 0 Å². The fraction of sp³-hybridized carbons (Fsp3) is 0.233. The van der Waals surface area contributed by atoms with Gasteiger partial charge >= 0.3 is 12.1 Å². The van der Waals surface area contributed by atoms with Crippen LogP contribution < -0.4 is 10.6 Å². The average Bonchev–Trinajstić information content (AvgIpc) is 3.49. The van der Waals surface area contributed by atoms with Crippen molar-refractivity contribution in [2.45, 2.75) is 43.1 Å². The fourth-order valence-electron chi connectivity index (χ4n) is 6.47. The van der Waals surface area contributed by atoms with Crippen LogP contribution in [0, 0.1) is 0 Å². The van der Waals surface area contributed by atoms with Gasteiger partial charge in [-0.3, -0.25) is 4.79 Å². The summed E-state index contributed by atoms with van der Waals surface area (Å²) < 4.78 is 12.5. The smallest absolute Gasteiger partial charge is 0.407 e. The zero-order chi connectivity index (χ0) is 36.7. The molecule has 0 fully saturated rings. The van der Waals surface area contributed by atoms with Gasteiger partial charge in [0.2, 0.25) is 0 Å². The summed E-state index contributed by atoms with van der Waals surface area (Å²) in [5.41, 5.74) is 5.57. The van der Waals surface area contributed by atoms with Crippen molar-refractivity contribution in [3.63, 3.8) is 0 Å². The van der Waals surface area contributed by atoms with Crippen LogP contribution in [0.5, 0.6) is 0 Å². The Balaban J connectivity index is 1.31. The number of carbonyl (C=O) groups excluding carboxylic acids is 3. The first kappa shape index (κ1) is 36.8. The second-order valence-electron chi connectivity index (χ2n) is 13.5. The standard InChI is InChI=1S/C43H42N2O5S2/c1-42(2,3)52-51-28-38(45-41(48)49-27-37-35-21-13-11-19-33(35)34-20-12-14-22-36(34)37)40(47)50-43(30-15-7-5-8-16-30,31-17-9-6-10-18-31)32-25-23-29(24-26-32)39(46)44-4/h5-26,37-38H,27-28H2,1-4H3,(H,44,46)(H,45,48)/t38-/m1/s1. The van der Waals surface area contributed by atoms with E-state index < -0.39 is 23.7 Å². The second-order valence-corrected chi connectivity index (χ2v) is 16.7. The van der Waals surface area contributed by atoms with Crippen molar-refractivity contribution < 1.29 is 23.9 Å². The maximum atomic E-state index is 14.6. The van der Waals surface area contributed by atoms with Gasteiger partial charge in [0.25, 0.3) is 5.91 Å². The predicted molar refractivity (Wildman–Crippen MR) is 210 cm³/mol. The highest BCUT2D eigenvalue weighted by Crippen LogP contribution is 2.45. The fourth-order valence-corrected chi connectivity index (χ4v) is 8.93. The third-order valence-electron chi connectivity index (χ3n) is 8.86. The number of hydrogen-bond acceptors (Lipinski definition) is 7. The SMILES string of the molecule is CNC(=O)c1ccc(C(OC(=O)[C@@H](CSSC(C)(C)C)NC(=O)OCC2c3ccccc3-c3ccccc32)(c2ccccc2)c2ccccc2)cc1. The van der Waals surface area contributed by atoms with E-state index in [9.17, 15) is 14.4 Å². The van der Waals surface area contributed by atoms with Gasteiger partial charge in [0, 0.05) is 45.7 Å². The van der Waals surface area contributed by atoms with Crippen LogP contribution in [0.15, 0.2) is 133 Å². The van der Waals surface area contributed by atoms with E-state index in [1.54, 1.807) is 42.1 Å². The lowest BCUT2D eigenvalue weighted by molar-refractivity contribution is -0.155. The number of fused-ring (bicyclic) bond motifs is 3. The molecule has 6 rings (SSSR count). The van der Waals surface area contributed by atoms with Crippen LogP contribution in [-0.2, 0) is 19.9 Å². The lowest BCUT2D eigenvalue weighted by Gasteiger charge is -2.36. The van der Waals surface area contributed by atoms with Crippen molar-refractivity contribution in [2.75, 3.05) is 19.4 Å². The Labute approximate surface area is 313 Å². The Morgan fingerprint density at radius 1 is 0.692 bits per heavy atom. The molecule has 7 nitrogen and oxygen atoms in total. The first-order valence-electron chi connectivity index (χ1n) is 17.2. The van der Waals surface area contributed by atoms with Gasteiger partial charge in [-0.2, -0.15) is 0 Å². The molecule has 1 aliphatic carbocycles. The Hall–Kier alpha value is -4.99. The Morgan fingerprint density at radius 3 is 1.71 bits per heavy atom. The van der Waals surface area contributed by atoms with Crippen molar-refractivity contribution >= 4 is 39.6 Å². The van der Waals surface area contributed by atoms with E-state index in [0.717, 1.165) is 22.3 Å². The van der Waals surface area contributed by atoms with E-state index in [1.165, 1.54) is 10.8 Å². The number of rotatable bonds is 12. The lowest BCUT2D eigenvalue weighted by atomic mass is 9.79. The molecule has 0 aromatic heterocycles. The van der Waals surface area contributed by atoms with Crippen molar-refractivity contribution in [1.82, 2.24) is 10.6 Å². The summed E-state index contributed by atoms with van der Waals surface area (Å²) in [5.74, 6) is -0.746. The summed E-state index contributed by atoms with van der Waals surface area (Å²) in [6.45, 7) is 6.39. The molecule has 5 aromatic rings. The first-order valence-corrected chi connectivity index (χ1v) is 19.5. The highest BCUT2D eigenvalue weighted by atomic mass is 33.1. The molecule has 1 atom stereocenters. The number of esters is 1. The minimum atomic E-state index is -1.41. The topological polar surface area (TPSA) is 93.7 Å². The van der Waals surface area contributed by atoms with E-state index >= 15 is 0 Å². The number of ether oxygens (including phenoxy) is 2. The van der Waals surface area contributed by atoms with Crippen LogP contribution in [-0.4, -0.2) is 48.2 Å². The number of carbonyl (C=O) groups is 3. The average molecular weight is 731 g/mol. The summed E-state index contributed by atoms with van der Waals surface area (Å²) in [7, 11) is 4.68. The quantitative estimate of drug-likeness (QED) is 0.0752. The third-order valence-corrected chi connectivity index (χ3v) is 12.2. The van der Waals surface area contributed by atoms with E-state index in [-0.39, 0.29) is 28.9 Å². The predicted octanol–water partition coefficient (Wildman–Crippen LogP) is 8.97. The molecule has 0 spiro atoms. The molecular formula is C43H42N2O5S2. The zero-order valence-corrected chi connectivity index (χ0v) is 31.3. The molecule has 5 aromatic carbocycles. The van der Waals surface area contributed by atoms with Crippen LogP contribution in [0.25, 0.3) is 11.1 Å². The molecule has 2 amide bonds. The molecule has 1 aliphatic rings. The van der Waals surface area contributed by atoms with Gasteiger partial charge in [-0.1, -0.05) is 164 Å². The lowest BCUT2D eigenvalue weighted by Crippen LogP contribution is -2.47. The first-order chi connectivity index (χ1) is 25.1. The number of alkyl carbamates (subject to hydrolysis) is 1. The summed E-state index contributed by atoms with van der Waals surface area (Å²) in [6, 6.07) is 41.3. The molecule has 9 heteroatoms. The van der Waals surface area contributed by atoms with Crippen molar-refractivity contribution in [3.8, 4) is 11.1 Å². The minimum Gasteiger partial charge on any atom is -0.449 e. The van der Waals surface area contributed by atoms with Gasteiger partial charge in [0.1, 0.15) is 12.6 Å². The Morgan fingerprint density at radius 2 is 1.19 bits per heavy atom. The molecule has 0 saturated heterocycles. The number of benzene rings is 5. The van der Waals surface area contributed by atoms with Gasteiger partial charge in [0.05, 0.1) is 0 Å². The zero-order valence-electron chi connectivity index (χ0n) is 29.6. The molecule has 0 aliphatic heterocycles. The van der Waals surface area contributed by atoms with Gasteiger partial charge < -0.3 is 20.1 Å². The normalized spacial score (nSPS) is 13.0. The monoisotopic (exact) mass is 730 g/mol. The molecule has 0 heterocycles. The van der Waals surface area contributed by atoms with Crippen molar-refractivity contribution in [1.29, 1.82) is 0 Å². The van der Waals surface area contributed by atoms with Crippen LogP contribution in [0.1, 0.15) is 64.9 Å². The second kappa shape index (κ2) is 16.1. The summed E-state index contributed by atoms with van der Waals surface area (Å²) in [6.07, 6.45) is -0.704. The highest BCUT2D eigenvalue weighted by molar-refractivity contribution is 8.77. The largest absolute Gasteiger partial charge is 0.449 e. The molecule has 0 radical (unpaired) electrons. The number of nitrogens with one attached hydrogen (secondary N) is 2. The van der Waals surface area contributed by atoms with Gasteiger partial charge in [-0.05, 0) is 34.4 Å². The molecule has 0 unspecified atom stereocenters. The molecule has 52 heavy (non-hydrogen) atoms. The van der Waals surface area contributed by atoms with E-state index in [2.05, 4.69) is 55.7 Å². The Bertz CT molecular complexity index is 1930. The summed E-state index contributed by atoms with van der Waals surface area (Å²) >= 11 is 0. The van der Waals surface area contributed by atoms with Crippen LogP contribution in [0.4, 0.5) is 4.79 Å². The van der Waals surface area contributed by atoms with Crippen LogP contribution in [0.3, 0.4) is 0 Å². The van der Waals surface area contributed by atoms with Crippen molar-refractivity contribution in [3.05, 3.63) is 167 Å². The van der Waals surface area contributed by atoms with Gasteiger partial charge in [-0.15, -0.1) is 0 Å². The molecule has 0 saturated carbocycles. The minimum absolute atomic E-state index is 0.0900. The molecular weight excluding hydrogens is 689 g/mol. The molecule has 2 N–H and O–H groups in total. The number of hydrogen-bond donors (Lipinski definition) is 2. The molecule has 266 valence electrons. The summed E-state index contributed by atoms with van der Waals surface area (Å²) in [4.78, 5) is 40.7. The highest BCUT2D eigenvalue weighted by Gasteiger charge is 2.43.